The van der Waals surface area contributed by atoms with E-state index >= 15 is 0 Å². The number of nitrogens with zero attached hydrogens (tertiary/aromatic N) is 1. The molecule has 0 amide bonds. The monoisotopic (exact) mass is 226 g/mol. The maximum absolute atomic E-state index is 5.89. The molecule has 1 heterocycles. The van der Waals surface area contributed by atoms with Crippen molar-refractivity contribution in [3.8, 4) is 0 Å². The summed E-state index contributed by atoms with van der Waals surface area (Å²) in [6.45, 7) is 3.47. The molecule has 1 aliphatic carbocycles. The van der Waals surface area contributed by atoms with Gasteiger partial charge in [0.05, 0.1) is 0 Å². The summed E-state index contributed by atoms with van der Waals surface area (Å²) in [6, 6.07) is 0.428. The minimum absolute atomic E-state index is 0.428. The molecule has 0 radical (unpaired) electrons. The molecule has 0 aromatic carbocycles. The van der Waals surface area contributed by atoms with Crippen molar-refractivity contribution in [2.24, 2.45) is 11.7 Å². The Morgan fingerprint density at radius 3 is 2.73 bits per heavy atom. The van der Waals surface area contributed by atoms with Gasteiger partial charge in [-0.25, -0.2) is 0 Å². The van der Waals surface area contributed by atoms with Crippen LogP contribution in [0.25, 0.3) is 0 Å². The SMILES string of the molecule is NC1CCN(CC2C=CC(Cl)=CC2)CC1. The zero-order valence-electron chi connectivity index (χ0n) is 9.03. The highest BCUT2D eigenvalue weighted by Gasteiger charge is 2.18. The summed E-state index contributed by atoms with van der Waals surface area (Å²) in [5.74, 6) is 0.641. The van der Waals surface area contributed by atoms with Crippen molar-refractivity contribution in [3.05, 3.63) is 23.3 Å². The zero-order chi connectivity index (χ0) is 10.7. The maximum atomic E-state index is 5.89. The molecule has 0 aromatic rings. The van der Waals surface area contributed by atoms with E-state index in [4.69, 9.17) is 17.3 Å². The van der Waals surface area contributed by atoms with Gasteiger partial charge in [-0.15, -0.1) is 0 Å². The topological polar surface area (TPSA) is 29.3 Å². The lowest BCUT2D eigenvalue weighted by atomic mass is 9.98. The first-order valence-corrected chi connectivity index (χ1v) is 6.13. The van der Waals surface area contributed by atoms with Crippen LogP contribution in [0, 0.1) is 5.92 Å². The first-order valence-electron chi connectivity index (χ1n) is 5.76. The predicted octanol–water partition coefficient (Wildman–Crippen LogP) is 2.11. The molecule has 84 valence electrons. The van der Waals surface area contributed by atoms with Gasteiger partial charge in [-0.3, -0.25) is 0 Å². The van der Waals surface area contributed by atoms with Crippen LogP contribution >= 0.6 is 11.6 Å². The van der Waals surface area contributed by atoms with E-state index in [9.17, 15) is 0 Å². The summed E-state index contributed by atoms with van der Waals surface area (Å²) in [7, 11) is 0. The molecule has 3 heteroatoms. The molecule has 0 aromatic heterocycles. The fourth-order valence-electron chi connectivity index (χ4n) is 2.24. The molecular weight excluding hydrogens is 208 g/mol. The first-order chi connectivity index (χ1) is 7.24. The van der Waals surface area contributed by atoms with Crippen molar-refractivity contribution in [3.63, 3.8) is 0 Å². The molecule has 1 fully saturated rings. The summed E-state index contributed by atoms with van der Waals surface area (Å²) in [4.78, 5) is 2.52. The highest BCUT2D eigenvalue weighted by atomic mass is 35.5. The van der Waals surface area contributed by atoms with E-state index in [0.29, 0.717) is 12.0 Å². The minimum Gasteiger partial charge on any atom is -0.328 e. The van der Waals surface area contributed by atoms with Crippen molar-refractivity contribution in [1.82, 2.24) is 4.90 Å². The van der Waals surface area contributed by atoms with Crippen LogP contribution in [0.4, 0.5) is 0 Å². The van der Waals surface area contributed by atoms with Crippen molar-refractivity contribution >= 4 is 11.6 Å². The van der Waals surface area contributed by atoms with Crippen LogP contribution in [-0.2, 0) is 0 Å². The van der Waals surface area contributed by atoms with Gasteiger partial charge < -0.3 is 10.6 Å². The highest BCUT2D eigenvalue weighted by Crippen LogP contribution is 2.20. The smallest absolute Gasteiger partial charge is 0.0363 e. The van der Waals surface area contributed by atoms with Crippen molar-refractivity contribution in [2.75, 3.05) is 19.6 Å². The van der Waals surface area contributed by atoms with E-state index in [0.717, 1.165) is 43.9 Å². The molecule has 0 bridgehead atoms. The van der Waals surface area contributed by atoms with Crippen LogP contribution in [-0.4, -0.2) is 30.6 Å². The molecule has 2 nitrogen and oxygen atoms in total. The fraction of sp³-hybridized carbons (Fsp3) is 0.667. The first kappa shape index (κ1) is 11.2. The second-order valence-corrected chi connectivity index (χ2v) is 5.02. The Morgan fingerprint density at radius 2 is 2.13 bits per heavy atom. The Hall–Kier alpha value is -0.310. The van der Waals surface area contributed by atoms with Crippen LogP contribution < -0.4 is 5.73 Å². The molecule has 0 spiro atoms. The number of nitrogens with two attached hydrogens (primary N) is 1. The average Bonchev–Trinajstić information content (AvgIpc) is 2.25. The molecule has 1 unspecified atom stereocenters. The van der Waals surface area contributed by atoms with Gasteiger partial charge in [0, 0.05) is 17.6 Å². The lowest BCUT2D eigenvalue weighted by Crippen LogP contribution is -2.41. The third kappa shape index (κ3) is 3.33. The molecule has 1 atom stereocenters. The summed E-state index contributed by atoms with van der Waals surface area (Å²) in [6.07, 6.45) is 9.74. The third-order valence-corrected chi connectivity index (χ3v) is 3.55. The van der Waals surface area contributed by atoms with E-state index in [2.05, 4.69) is 17.1 Å². The fourth-order valence-corrected chi connectivity index (χ4v) is 2.40. The molecule has 2 N–H and O–H groups in total. The van der Waals surface area contributed by atoms with Crippen molar-refractivity contribution in [2.45, 2.75) is 25.3 Å². The molecule has 1 saturated heterocycles. The van der Waals surface area contributed by atoms with Crippen LogP contribution in [0.1, 0.15) is 19.3 Å². The number of likely N-dealkylation sites (tertiary alicyclic amines) is 1. The van der Waals surface area contributed by atoms with Crippen LogP contribution in [0.2, 0.25) is 0 Å². The van der Waals surface area contributed by atoms with Gasteiger partial charge in [0.2, 0.25) is 0 Å². The molecule has 2 rings (SSSR count). The Kier molecular flexibility index (Phi) is 3.84. The standard InChI is InChI=1S/C12H19ClN2/c13-11-3-1-10(2-4-11)9-15-7-5-12(14)6-8-15/h1,3-4,10,12H,2,5-9,14H2. The van der Waals surface area contributed by atoms with Crippen molar-refractivity contribution < 1.29 is 0 Å². The Balaban J connectivity index is 1.76. The lowest BCUT2D eigenvalue weighted by Gasteiger charge is -2.32. The molecule has 0 saturated carbocycles. The predicted molar refractivity (Wildman–Crippen MR) is 64.8 cm³/mol. The van der Waals surface area contributed by atoms with Crippen LogP contribution in [0.5, 0.6) is 0 Å². The van der Waals surface area contributed by atoms with Crippen molar-refractivity contribution in [1.29, 1.82) is 0 Å². The number of hydrogen-bond acceptors (Lipinski definition) is 2. The largest absolute Gasteiger partial charge is 0.328 e. The molecular formula is C12H19ClN2. The second kappa shape index (κ2) is 5.15. The number of rotatable bonds is 2. The van der Waals surface area contributed by atoms with Gasteiger partial charge in [0.25, 0.3) is 0 Å². The van der Waals surface area contributed by atoms with E-state index in [1.807, 2.05) is 6.08 Å². The van der Waals surface area contributed by atoms with Crippen LogP contribution in [0.3, 0.4) is 0 Å². The Morgan fingerprint density at radius 1 is 1.40 bits per heavy atom. The summed E-state index contributed by atoms with van der Waals surface area (Å²) in [5.41, 5.74) is 5.88. The molecule has 15 heavy (non-hydrogen) atoms. The number of piperidine rings is 1. The lowest BCUT2D eigenvalue weighted by molar-refractivity contribution is 0.195. The van der Waals surface area contributed by atoms with Gasteiger partial charge in [0.15, 0.2) is 0 Å². The summed E-state index contributed by atoms with van der Waals surface area (Å²) < 4.78 is 0. The molecule has 2 aliphatic rings. The van der Waals surface area contributed by atoms with Gasteiger partial charge in [-0.1, -0.05) is 23.8 Å². The van der Waals surface area contributed by atoms with Gasteiger partial charge >= 0.3 is 0 Å². The van der Waals surface area contributed by atoms with Crippen LogP contribution in [0.15, 0.2) is 23.3 Å². The Bertz CT molecular complexity index is 265. The Labute approximate surface area is 96.8 Å². The van der Waals surface area contributed by atoms with E-state index in [-0.39, 0.29) is 0 Å². The number of halogens is 1. The minimum atomic E-state index is 0.428. The molecule has 1 aliphatic heterocycles. The van der Waals surface area contributed by atoms with E-state index in [1.54, 1.807) is 0 Å². The normalized spacial score (nSPS) is 29.2. The van der Waals surface area contributed by atoms with Gasteiger partial charge in [0.1, 0.15) is 0 Å². The number of allylic oxidation sites excluding steroid dienone is 3. The van der Waals surface area contributed by atoms with E-state index in [1.165, 1.54) is 0 Å². The average molecular weight is 227 g/mol. The third-order valence-electron chi connectivity index (χ3n) is 3.27. The highest BCUT2D eigenvalue weighted by molar-refractivity contribution is 6.31. The zero-order valence-corrected chi connectivity index (χ0v) is 9.79. The quantitative estimate of drug-likeness (QED) is 0.782. The summed E-state index contributed by atoms with van der Waals surface area (Å²) >= 11 is 5.89. The number of hydrogen-bond donors (Lipinski definition) is 1. The van der Waals surface area contributed by atoms with Gasteiger partial charge in [-0.05, 0) is 44.3 Å². The second-order valence-electron chi connectivity index (χ2n) is 4.58. The summed E-state index contributed by atoms with van der Waals surface area (Å²) in [5, 5.41) is 0.881. The van der Waals surface area contributed by atoms with Gasteiger partial charge in [-0.2, -0.15) is 0 Å². The van der Waals surface area contributed by atoms with E-state index < -0.39 is 0 Å². The maximum Gasteiger partial charge on any atom is 0.0363 e.